The average molecular weight is 253 g/mol. The Labute approximate surface area is 106 Å². The Morgan fingerprint density at radius 1 is 1.53 bits per heavy atom. The van der Waals surface area contributed by atoms with Crippen molar-refractivity contribution in [3.8, 4) is 0 Å². The molecule has 1 saturated carbocycles. The minimum absolute atomic E-state index is 0.0904. The van der Waals surface area contributed by atoms with Gasteiger partial charge in [0.05, 0.1) is 12.1 Å². The lowest BCUT2D eigenvalue weighted by atomic mass is 10.2. The van der Waals surface area contributed by atoms with Crippen LogP contribution in [0.25, 0.3) is 0 Å². The number of aryl methyl sites for hydroxylation is 1. The van der Waals surface area contributed by atoms with Crippen molar-refractivity contribution in [3.63, 3.8) is 0 Å². The minimum atomic E-state index is -0.171. The summed E-state index contributed by atoms with van der Waals surface area (Å²) in [4.78, 5) is 16.2. The van der Waals surface area contributed by atoms with E-state index in [9.17, 15) is 4.79 Å². The van der Waals surface area contributed by atoms with Crippen LogP contribution < -0.4 is 10.6 Å². The van der Waals surface area contributed by atoms with Gasteiger partial charge < -0.3 is 5.32 Å². The first-order valence-corrected chi connectivity index (χ1v) is 6.92. The first kappa shape index (κ1) is 12.5. The van der Waals surface area contributed by atoms with Crippen LogP contribution in [0.1, 0.15) is 43.4 Å². The van der Waals surface area contributed by atoms with Gasteiger partial charge in [0.15, 0.2) is 0 Å². The monoisotopic (exact) mass is 253 g/mol. The summed E-state index contributed by atoms with van der Waals surface area (Å²) in [7, 11) is 0. The fourth-order valence-electron chi connectivity index (χ4n) is 1.65. The van der Waals surface area contributed by atoms with Gasteiger partial charge >= 0.3 is 0 Å². The zero-order valence-corrected chi connectivity index (χ0v) is 11.3. The molecule has 0 aliphatic heterocycles. The highest BCUT2D eigenvalue weighted by atomic mass is 32.1. The third kappa shape index (κ3) is 3.51. The molecule has 5 heteroatoms. The summed E-state index contributed by atoms with van der Waals surface area (Å²) < 4.78 is 0. The first-order valence-electron chi connectivity index (χ1n) is 6.04. The summed E-state index contributed by atoms with van der Waals surface area (Å²) in [5.41, 5.74) is 1.04. The number of rotatable bonds is 5. The number of nitrogens with zero attached hydrogens (tertiary/aromatic N) is 1. The Balaban J connectivity index is 1.84. The van der Waals surface area contributed by atoms with Crippen LogP contribution in [0.5, 0.6) is 0 Å². The molecule has 2 rings (SSSR count). The van der Waals surface area contributed by atoms with Crippen molar-refractivity contribution in [2.75, 3.05) is 0 Å². The molecular weight excluding hydrogens is 234 g/mol. The van der Waals surface area contributed by atoms with Crippen molar-refractivity contribution >= 4 is 17.2 Å². The van der Waals surface area contributed by atoms with E-state index in [0.717, 1.165) is 23.5 Å². The lowest BCUT2D eigenvalue weighted by molar-refractivity contribution is -0.123. The second-order valence-corrected chi connectivity index (χ2v) is 5.61. The molecule has 1 fully saturated rings. The maximum absolute atomic E-state index is 11.8. The highest BCUT2D eigenvalue weighted by Crippen LogP contribution is 2.20. The average Bonchev–Trinajstić information content (AvgIpc) is 2.97. The normalized spacial score (nSPS) is 18.8. The summed E-state index contributed by atoms with van der Waals surface area (Å²) >= 11 is 1.63. The Bertz CT molecular complexity index is 400. The van der Waals surface area contributed by atoms with Crippen LogP contribution in [0.2, 0.25) is 0 Å². The number of carbonyl (C=O) groups is 1. The van der Waals surface area contributed by atoms with Gasteiger partial charge in [-0.15, -0.1) is 11.3 Å². The van der Waals surface area contributed by atoms with Crippen LogP contribution >= 0.6 is 11.3 Å². The van der Waals surface area contributed by atoms with Crippen LogP contribution in [0, 0.1) is 6.92 Å². The third-order valence-electron chi connectivity index (χ3n) is 2.82. The zero-order chi connectivity index (χ0) is 12.4. The SMILES string of the molecule is Cc1csc(C(C)NC(C)C(=O)NC2CC2)n1. The molecule has 0 saturated heterocycles. The molecule has 1 aromatic rings. The van der Waals surface area contributed by atoms with Gasteiger partial charge in [0.25, 0.3) is 0 Å². The molecule has 2 atom stereocenters. The maximum Gasteiger partial charge on any atom is 0.237 e. The van der Waals surface area contributed by atoms with Gasteiger partial charge in [-0.2, -0.15) is 0 Å². The Hall–Kier alpha value is -0.940. The van der Waals surface area contributed by atoms with E-state index in [1.165, 1.54) is 0 Å². The van der Waals surface area contributed by atoms with Crippen LogP contribution in [0.3, 0.4) is 0 Å². The second-order valence-electron chi connectivity index (χ2n) is 4.72. The number of nitrogens with one attached hydrogen (secondary N) is 2. The van der Waals surface area contributed by atoms with Crippen LogP contribution in [0.4, 0.5) is 0 Å². The Morgan fingerprint density at radius 2 is 2.24 bits per heavy atom. The van der Waals surface area contributed by atoms with E-state index in [0.29, 0.717) is 6.04 Å². The van der Waals surface area contributed by atoms with E-state index in [1.54, 1.807) is 11.3 Å². The summed E-state index contributed by atoms with van der Waals surface area (Å²) in [6.45, 7) is 5.92. The van der Waals surface area contributed by atoms with Crippen molar-refractivity contribution < 1.29 is 4.79 Å². The summed E-state index contributed by atoms with van der Waals surface area (Å²) in [5.74, 6) is 0.0904. The van der Waals surface area contributed by atoms with E-state index in [4.69, 9.17) is 0 Å². The van der Waals surface area contributed by atoms with E-state index in [1.807, 2.05) is 26.2 Å². The van der Waals surface area contributed by atoms with Gasteiger partial charge in [-0.25, -0.2) is 4.98 Å². The molecule has 1 heterocycles. The Kier molecular flexibility index (Phi) is 3.79. The molecule has 1 aliphatic carbocycles. The fraction of sp³-hybridized carbons (Fsp3) is 0.667. The predicted octanol–water partition coefficient (Wildman–Crippen LogP) is 1.77. The number of hydrogen-bond donors (Lipinski definition) is 2. The largest absolute Gasteiger partial charge is 0.352 e. The van der Waals surface area contributed by atoms with Gasteiger partial charge in [0.2, 0.25) is 5.91 Å². The maximum atomic E-state index is 11.8. The molecule has 2 unspecified atom stereocenters. The molecule has 0 bridgehead atoms. The molecule has 1 amide bonds. The van der Waals surface area contributed by atoms with E-state index in [-0.39, 0.29) is 18.0 Å². The topological polar surface area (TPSA) is 54.0 Å². The van der Waals surface area contributed by atoms with E-state index >= 15 is 0 Å². The summed E-state index contributed by atoms with van der Waals surface area (Å²) in [6, 6.07) is 0.368. The van der Waals surface area contributed by atoms with Gasteiger partial charge in [0, 0.05) is 17.1 Å². The van der Waals surface area contributed by atoms with E-state index < -0.39 is 0 Å². The number of thiazole rings is 1. The van der Waals surface area contributed by atoms with Crippen molar-refractivity contribution in [2.45, 2.75) is 51.7 Å². The lowest BCUT2D eigenvalue weighted by Crippen LogP contribution is -2.43. The summed E-state index contributed by atoms with van der Waals surface area (Å²) in [5, 5.41) is 9.34. The lowest BCUT2D eigenvalue weighted by Gasteiger charge is -2.17. The molecule has 94 valence electrons. The summed E-state index contributed by atoms with van der Waals surface area (Å²) in [6.07, 6.45) is 2.25. The van der Waals surface area contributed by atoms with Gasteiger partial charge in [0.1, 0.15) is 5.01 Å². The molecule has 1 aromatic heterocycles. The smallest absolute Gasteiger partial charge is 0.237 e. The molecule has 4 nitrogen and oxygen atoms in total. The highest BCUT2D eigenvalue weighted by molar-refractivity contribution is 7.09. The standard InChI is InChI=1S/C12H19N3OS/c1-7-6-17-12(13-7)9(3)14-8(2)11(16)15-10-4-5-10/h6,8-10,14H,4-5H2,1-3H3,(H,15,16). The number of hydrogen-bond acceptors (Lipinski definition) is 4. The van der Waals surface area contributed by atoms with Gasteiger partial charge in [-0.05, 0) is 33.6 Å². The molecule has 0 radical (unpaired) electrons. The van der Waals surface area contributed by atoms with Crippen molar-refractivity contribution in [3.05, 3.63) is 16.1 Å². The van der Waals surface area contributed by atoms with Crippen LogP contribution in [-0.2, 0) is 4.79 Å². The first-order chi connectivity index (χ1) is 8.06. The predicted molar refractivity (Wildman–Crippen MR) is 69.0 cm³/mol. The highest BCUT2D eigenvalue weighted by Gasteiger charge is 2.26. The van der Waals surface area contributed by atoms with Gasteiger partial charge in [-0.1, -0.05) is 0 Å². The van der Waals surface area contributed by atoms with Crippen LogP contribution in [-0.4, -0.2) is 23.0 Å². The number of amides is 1. The minimum Gasteiger partial charge on any atom is -0.352 e. The molecule has 2 N–H and O–H groups in total. The molecule has 17 heavy (non-hydrogen) atoms. The second kappa shape index (κ2) is 5.14. The number of aromatic nitrogens is 1. The zero-order valence-electron chi connectivity index (χ0n) is 10.5. The Morgan fingerprint density at radius 3 is 2.76 bits per heavy atom. The van der Waals surface area contributed by atoms with Crippen molar-refractivity contribution in [2.24, 2.45) is 0 Å². The van der Waals surface area contributed by atoms with E-state index in [2.05, 4.69) is 15.6 Å². The van der Waals surface area contributed by atoms with Gasteiger partial charge in [-0.3, -0.25) is 10.1 Å². The third-order valence-corrected chi connectivity index (χ3v) is 3.97. The van der Waals surface area contributed by atoms with Crippen molar-refractivity contribution in [1.29, 1.82) is 0 Å². The van der Waals surface area contributed by atoms with Crippen LogP contribution in [0.15, 0.2) is 5.38 Å². The van der Waals surface area contributed by atoms with Crippen molar-refractivity contribution in [1.82, 2.24) is 15.6 Å². The number of carbonyl (C=O) groups excluding carboxylic acids is 1. The molecule has 0 spiro atoms. The fourth-order valence-corrected chi connectivity index (χ4v) is 2.46. The molecule has 0 aromatic carbocycles. The molecular formula is C12H19N3OS. The molecule has 1 aliphatic rings. The quantitative estimate of drug-likeness (QED) is 0.841.